The van der Waals surface area contributed by atoms with Crippen LogP contribution in [-0.2, 0) is 25.7 Å². The van der Waals surface area contributed by atoms with Gasteiger partial charge in [-0.3, -0.25) is 14.9 Å². The first-order chi connectivity index (χ1) is 32.8. The molecule has 3 aliphatic heterocycles. The van der Waals surface area contributed by atoms with Crippen LogP contribution in [0.3, 0.4) is 0 Å². The summed E-state index contributed by atoms with van der Waals surface area (Å²) in [5, 5.41) is 36.4. The van der Waals surface area contributed by atoms with Crippen LogP contribution >= 0.6 is 0 Å². The Kier molecular flexibility index (Phi) is 15.7. The molecule has 0 radical (unpaired) electrons. The molecule has 5 aliphatic rings. The number of non-ortho nitro benzene ring substituents is 1. The SMILES string of the molecule is C=CCOc1ccc2c(c1)[C@H]1[C@H](CCCCO)[C@@H](CCCCO)C=C3C(=NOC4CCCCO4)C[C@H](N(Cc4ccc5c(c4)OCO5)C(=O)C=Cc4ccc([N+](=O)[O-])cc4)[C@@](OCC=C)(O2)[C@H]31. The average Bonchev–Trinajstić information content (AvgIpc) is 3.83. The minimum absolute atomic E-state index is 0.00523. The minimum Gasteiger partial charge on any atom is -0.490 e. The van der Waals surface area contributed by atoms with E-state index in [-0.39, 0.29) is 68.9 Å². The Hall–Kier alpha value is -6.00. The van der Waals surface area contributed by atoms with Gasteiger partial charge in [-0.1, -0.05) is 48.9 Å². The van der Waals surface area contributed by atoms with Crippen LogP contribution in [0.1, 0.15) is 86.8 Å². The van der Waals surface area contributed by atoms with E-state index in [1.54, 1.807) is 35.3 Å². The lowest BCUT2D eigenvalue weighted by molar-refractivity contribution is -0.384. The molecule has 1 saturated carbocycles. The van der Waals surface area contributed by atoms with Gasteiger partial charge in [-0.15, -0.1) is 6.58 Å². The van der Waals surface area contributed by atoms with Crippen LogP contribution in [0.4, 0.5) is 5.69 Å². The van der Waals surface area contributed by atoms with Crippen LogP contribution < -0.4 is 18.9 Å². The zero-order chi connectivity index (χ0) is 46.8. The van der Waals surface area contributed by atoms with Crippen molar-refractivity contribution >= 4 is 23.4 Å². The van der Waals surface area contributed by atoms with Crippen LogP contribution in [0.25, 0.3) is 6.08 Å². The summed E-state index contributed by atoms with van der Waals surface area (Å²) in [6.45, 7) is 9.19. The Morgan fingerprint density at radius 3 is 2.46 bits per heavy atom. The number of oxime groups is 1. The van der Waals surface area contributed by atoms with Crippen LogP contribution in [0.5, 0.6) is 23.0 Å². The van der Waals surface area contributed by atoms with Crippen molar-refractivity contribution < 1.29 is 53.2 Å². The molecule has 15 nitrogen and oxygen atoms in total. The smallest absolute Gasteiger partial charge is 0.269 e. The van der Waals surface area contributed by atoms with E-state index in [9.17, 15) is 20.3 Å². The maximum absolute atomic E-state index is 15.3. The molecular formula is C52H61N3O12. The lowest BCUT2D eigenvalue weighted by Gasteiger charge is -2.60. The summed E-state index contributed by atoms with van der Waals surface area (Å²) in [5.41, 5.74) is 3.77. The standard InChI is InChI=1S/C52H61N3O12/c1-3-26-61-39-20-22-44-42(31-39)50-40(12-6-9-25-57)37(11-5-8-24-56)30-41-43(53-67-49-13-7-10-28-62-49)32-47(52(66-44,51(41)50)65-27-4-2)54(33-36-16-21-45-46(29-36)64-34-63-45)48(58)23-17-35-14-18-38(19-15-35)55(59)60/h3-4,14-23,29-31,37,40,47,49-51,56-57H,1-2,5-13,24-28,32-34H2/t37-,40+,47-,49?,50+,51+,52+/m0/s1. The Balaban J connectivity index is 1.33. The summed E-state index contributed by atoms with van der Waals surface area (Å²) < 4.78 is 38.2. The van der Waals surface area contributed by atoms with Crippen molar-refractivity contribution in [2.75, 3.05) is 39.8 Å². The van der Waals surface area contributed by atoms with Gasteiger partial charge in [-0.05, 0) is 116 Å². The first-order valence-corrected chi connectivity index (χ1v) is 23.5. The Bertz CT molecular complexity index is 2320. The minimum atomic E-state index is -1.53. The summed E-state index contributed by atoms with van der Waals surface area (Å²) >= 11 is 0. The van der Waals surface area contributed by atoms with Crippen LogP contribution in [-0.4, -0.2) is 89.6 Å². The average molecular weight is 920 g/mol. The molecule has 1 amide bonds. The molecule has 67 heavy (non-hydrogen) atoms. The number of aliphatic hydroxyl groups is 2. The van der Waals surface area contributed by atoms with Gasteiger partial charge in [0.25, 0.3) is 5.69 Å². The fraction of sp³-hybridized carbons (Fsp3) is 0.462. The predicted molar refractivity (Wildman–Crippen MR) is 251 cm³/mol. The second-order valence-corrected chi connectivity index (χ2v) is 17.6. The van der Waals surface area contributed by atoms with Gasteiger partial charge in [0.15, 0.2) is 11.5 Å². The zero-order valence-corrected chi connectivity index (χ0v) is 37.9. The van der Waals surface area contributed by atoms with Gasteiger partial charge in [0.2, 0.25) is 24.8 Å². The summed E-state index contributed by atoms with van der Waals surface area (Å²) in [4.78, 5) is 34.3. The van der Waals surface area contributed by atoms with Crippen molar-refractivity contribution in [1.29, 1.82) is 0 Å². The van der Waals surface area contributed by atoms with Crippen molar-refractivity contribution in [3.8, 4) is 23.0 Å². The molecule has 356 valence electrons. The Morgan fingerprint density at radius 1 is 0.940 bits per heavy atom. The number of amides is 1. The van der Waals surface area contributed by atoms with Crippen LogP contribution in [0.15, 0.2) is 109 Å². The van der Waals surface area contributed by atoms with E-state index in [0.717, 1.165) is 55.2 Å². The highest BCUT2D eigenvalue weighted by atomic mass is 16.8. The third-order valence-corrected chi connectivity index (χ3v) is 13.4. The number of hydrogen-bond donors (Lipinski definition) is 2. The van der Waals surface area contributed by atoms with Crippen molar-refractivity contribution in [3.63, 3.8) is 0 Å². The number of rotatable bonds is 22. The van der Waals surface area contributed by atoms with E-state index in [2.05, 4.69) is 19.2 Å². The predicted octanol–water partition coefficient (Wildman–Crippen LogP) is 8.79. The van der Waals surface area contributed by atoms with E-state index in [1.807, 2.05) is 36.4 Å². The lowest BCUT2D eigenvalue weighted by atomic mass is 9.55. The van der Waals surface area contributed by atoms with Crippen LogP contribution in [0, 0.1) is 27.9 Å². The molecule has 3 heterocycles. The highest BCUT2D eigenvalue weighted by molar-refractivity contribution is 6.03. The molecule has 2 fully saturated rings. The van der Waals surface area contributed by atoms with Crippen molar-refractivity contribution in [1.82, 2.24) is 4.90 Å². The number of nitro groups is 1. The zero-order valence-electron chi connectivity index (χ0n) is 37.9. The van der Waals surface area contributed by atoms with E-state index < -0.39 is 29.0 Å². The number of carbonyl (C=O) groups excluding carboxylic acids is 1. The molecule has 3 aromatic carbocycles. The fourth-order valence-corrected chi connectivity index (χ4v) is 10.4. The number of nitro benzene ring substituents is 1. The third kappa shape index (κ3) is 10.6. The summed E-state index contributed by atoms with van der Waals surface area (Å²) in [6.07, 6.45) is 15.4. The first kappa shape index (κ1) is 47.5. The van der Waals surface area contributed by atoms with E-state index in [1.165, 1.54) is 18.2 Å². The summed E-state index contributed by atoms with van der Waals surface area (Å²) in [5.74, 6) is -0.282. The number of hydrogen-bond acceptors (Lipinski definition) is 13. The molecule has 15 heteroatoms. The Morgan fingerprint density at radius 2 is 1.72 bits per heavy atom. The number of carbonyl (C=O) groups is 1. The molecule has 0 bridgehead atoms. The van der Waals surface area contributed by atoms with Crippen molar-refractivity contribution in [2.45, 2.75) is 94.8 Å². The summed E-state index contributed by atoms with van der Waals surface area (Å²) in [6, 6.07) is 16.6. The topological polar surface area (TPSA) is 181 Å². The van der Waals surface area contributed by atoms with Crippen LogP contribution in [0.2, 0.25) is 0 Å². The third-order valence-electron chi connectivity index (χ3n) is 13.4. The number of aliphatic hydroxyl groups excluding tert-OH is 2. The van der Waals surface area contributed by atoms with Gasteiger partial charge >= 0.3 is 0 Å². The molecule has 0 spiro atoms. The van der Waals surface area contributed by atoms with Gasteiger partial charge in [-0.2, -0.15) is 0 Å². The molecule has 1 unspecified atom stereocenters. The highest BCUT2D eigenvalue weighted by Crippen LogP contribution is 2.62. The summed E-state index contributed by atoms with van der Waals surface area (Å²) in [7, 11) is 0. The van der Waals surface area contributed by atoms with Gasteiger partial charge < -0.3 is 48.4 Å². The number of fused-ring (bicyclic) bond motifs is 3. The van der Waals surface area contributed by atoms with Gasteiger partial charge in [0.1, 0.15) is 24.1 Å². The molecule has 2 aliphatic carbocycles. The van der Waals surface area contributed by atoms with Gasteiger partial charge in [0, 0.05) is 62.3 Å². The lowest BCUT2D eigenvalue weighted by Crippen LogP contribution is -2.70. The van der Waals surface area contributed by atoms with Gasteiger partial charge in [-0.25, -0.2) is 0 Å². The van der Waals surface area contributed by atoms with E-state index in [0.29, 0.717) is 66.7 Å². The molecule has 3 aromatic rings. The highest BCUT2D eigenvalue weighted by Gasteiger charge is 2.65. The number of unbranched alkanes of at least 4 members (excludes halogenated alkanes) is 2. The number of allylic oxidation sites excluding steroid dienone is 1. The molecule has 1 saturated heterocycles. The second-order valence-electron chi connectivity index (χ2n) is 17.6. The second kappa shape index (κ2) is 22.2. The van der Waals surface area contributed by atoms with E-state index >= 15 is 4.79 Å². The maximum atomic E-state index is 15.3. The quantitative estimate of drug-likeness (QED) is 0.0322. The fourth-order valence-electron chi connectivity index (χ4n) is 10.4. The monoisotopic (exact) mass is 919 g/mol. The Labute approximate surface area is 391 Å². The number of benzene rings is 3. The number of nitrogens with zero attached hydrogens (tertiary/aromatic N) is 3. The molecule has 2 N–H and O–H groups in total. The largest absolute Gasteiger partial charge is 0.490 e. The van der Waals surface area contributed by atoms with Crippen molar-refractivity contribution in [3.05, 3.63) is 131 Å². The molecule has 8 rings (SSSR count). The van der Waals surface area contributed by atoms with Crippen molar-refractivity contribution in [2.24, 2.45) is 22.9 Å². The molecular weight excluding hydrogens is 859 g/mol. The maximum Gasteiger partial charge on any atom is 0.269 e. The van der Waals surface area contributed by atoms with Gasteiger partial charge in [0.05, 0.1) is 29.8 Å². The molecule has 7 atom stereocenters. The molecule has 0 aromatic heterocycles. The van der Waals surface area contributed by atoms with E-state index in [4.69, 9.17) is 38.4 Å². The first-order valence-electron chi connectivity index (χ1n) is 23.5. The normalized spacial score (nSPS) is 25.3. The number of ether oxygens (including phenoxy) is 6.